The highest BCUT2D eigenvalue weighted by Crippen LogP contribution is 2.33. The van der Waals surface area contributed by atoms with Gasteiger partial charge in [0, 0.05) is 29.3 Å². The number of rotatable bonds is 12. The first-order valence-corrected chi connectivity index (χ1v) is 12.4. The van der Waals surface area contributed by atoms with Crippen LogP contribution in [0.15, 0.2) is 65.8 Å². The van der Waals surface area contributed by atoms with Gasteiger partial charge in [-0.3, -0.25) is 19.7 Å². The highest BCUT2D eigenvalue weighted by molar-refractivity contribution is 5.97. The molecule has 2 N–H and O–H groups in total. The van der Waals surface area contributed by atoms with Gasteiger partial charge in [0.15, 0.2) is 11.5 Å². The summed E-state index contributed by atoms with van der Waals surface area (Å²) >= 11 is 0. The molecule has 0 atom stereocenters. The maximum Gasteiger partial charge on any atom is 0.343 e. The lowest BCUT2D eigenvalue weighted by Gasteiger charge is -2.12. The first kappa shape index (κ1) is 29.3. The first-order chi connectivity index (χ1) is 19.3. The molecule has 0 saturated heterocycles. The van der Waals surface area contributed by atoms with E-state index >= 15 is 0 Å². The molecule has 0 aliphatic rings. The molecule has 0 saturated carbocycles. The second kappa shape index (κ2) is 14.0. The molecule has 3 aromatic rings. The van der Waals surface area contributed by atoms with Crippen LogP contribution in [0.2, 0.25) is 0 Å². The van der Waals surface area contributed by atoms with Crippen LogP contribution in [0.1, 0.15) is 53.5 Å². The van der Waals surface area contributed by atoms with E-state index in [1.165, 1.54) is 42.5 Å². The average molecular weight is 549 g/mol. The van der Waals surface area contributed by atoms with Crippen LogP contribution in [0.5, 0.6) is 17.2 Å². The van der Waals surface area contributed by atoms with E-state index in [0.29, 0.717) is 36.8 Å². The molecule has 0 aliphatic carbocycles. The van der Waals surface area contributed by atoms with Crippen LogP contribution in [0.4, 0.5) is 11.4 Å². The van der Waals surface area contributed by atoms with Gasteiger partial charge in [-0.25, -0.2) is 10.2 Å². The summed E-state index contributed by atoms with van der Waals surface area (Å²) in [5, 5.41) is 18.2. The fraction of sp³-hybridized carbons (Fsp3) is 0.214. The molecule has 3 rings (SSSR count). The number of para-hydroxylation sites is 1. The monoisotopic (exact) mass is 548 g/mol. The molecule has 0 fully saturated rings. The van der Waals surface area contributed by atoms with E-state index in [1.807, 2.05) is 6.92 Å². The minimum Gasteiger partial charge on any atom is -0.490 e. The van der Waals surface area contributed by atoms with Crippen LogP contribution in [-0.2, 0) is 4.79 Å². The highest BCUT2D eigenvalue weighted by Gasteiger charge is 2.23. The molecule has 12 heteroatoms. The molecule has 3 aromatic carbocycles. The van der Waals surface area contributed by atoms with Gasteiger partial charge in [0.2, 0.25) is 11.7 Å². The van der Waals surface area contributed by atoms with Gasteiger partial charge in [-0.1, -0.05) is 13.0 Å². The molecule has 0 spiro atoms. The van der Waals surface area contributed by atoms with Gasteiger partial charge < -0.3 is 19.5 Å². The van der Waals surface area contributed by atoms with E-state index in [-0.39, 0.29) is 28.3 Å². The number of carbonyl (C=O) groups is 3. The lowest BCUT2D eigenvalue weighted by atomic mass is 10.1. The molecule has 0 radical (unpaired) electrons. The van der Waals surface area contributed by atoms with Gasteiger partial charge in [-0.2, -0.15) is 5.10 Å². The van der Waals surface area contributed by atoms with Crippen molar-refractivity contribution in [1.29, 1.82) is 0 Å². The van der Waals surface area contributed by atoms with Crippen LogP contribution < -0.4 is 25.0 Å². The molecule has 0 heterocycles. The van der Waals surface area contributed by atoms with Gasteiger partial charge in [0.25, 0.3) is 5.91 Å². The van der Waals surface area contributed by atoms with Crippen molar-refractivity contribution in [3.63, 3.8) is 0 Å². The fourth-order valence-corrected chi connectivity index (χ4v) is 3.41. The third-order valence-corrected chi connectivity index (χ3v) is 5.32. The fourth-order valence-electron chi connectivity index (χ4n) is 3.41. The number of amides is 2. The molecule has 0 aliphatic heterocycles. The van der Waals surface area contributed by atoms with Crippen molar-refractivity contribution in [2.45, 2.75) is 27.2 Å². The number of nitrogens with zero attached hydrogens (tertiary/aromatic N) is 2. The number of benzene rings is 3. The number of nitrogens with one attached hydrogen (secondary N) is 2. The summed E-state index contributed by atoms with van der Waals surface area (Å²) in [6.07, 6.45) is 1.45. The van der Waals surface area contributed by atoms with Crippen molar-refractivity contribution in [3.05, 3.63) is 87.5 Å². The number of hydrogen-bond acceptors (Lipinski definition) is 9. The zero-order valence-corrected chi connectivity index (χ0v) is 22.1. The molecule has 0 aromatic heterocycles. The summed E-state index contributed by atoms with van der Waals surface area (Å²) in [6, 6.07) is 14.6. The lowest BCUT2D eigenvalue weighted by molar-refractivity contribution is -0.385. The van der Waals surface area contributed by atoms with Crippen LogP contribution in [-0.4, -0.2) is 42.1 Å². The zero-order valence-electron chi connectivity index (χ0n) is 22.1. The number of hydrazone groups is 1. The van der Waals surface area contributed by atoms with Crippen LogP contribution >= 0.6 is 0 Å². The number of ether oxygens (including phenoxy) is 3. The van der Waals surface area contributed by atoms with Gasteiger partial charge >= 0.3 is 11.7 Å². The summed E-state index contributed by atoms with van der Waals surface area (Å²) in [6.45, 7) is 6.03. The van der Waals surface area contributed by atoms with Crippen molar-refractivity contribution in [2.75, 3.05) is 18.5 Å². The van der Waals surface area contributed by atoms with Crippen molar-refractivity contribution in [2.24, 2.45) is 5.10 Å². The zero-order chi connectivity index (χ0) is 29.1. The topological polar surface area (TPSA) is 158 Å². The number of anilines is 1. The largest absolute Gasteiger partial charge is 0.490 e. The molecular formula is C28H28N4O8. The minimum absolute atomic E-state index is 0.0800. The number of esters is 1. The number of nitro benzene ring substituents is 1. The van der Waals surface area contributed by atoms with Crippen LogP contribution in [0.25, 0.3) is 0 Å². The van der Waals surface area contributed by atoms with Gasteiger partial charge in [0.05, 0.1) is 29.9 Å². The Labute approximate surface area is 230 Å². The molecule has 0 unspecified atom stereocenters. The second-order valence-electron chi connectivity index (χ2n) is 8.05. The first-order valence-electron chi connectivity index (χ1n) is 12.4. The molecule has 12 nitrogen and oxygen atoms in total. The standard InChI is InChI=1S/C28H28N4O8/c1-4-25(33)30-21-13-10-18(11-14-21)27(34)31-29-17-20-8-7-9-22(32(36)37)26(20)40-28(35)19-12-15-23(38-5-2)24(16-19)39-6-3/h7-17H,4-6H2,1-3H3,(H,30,33)(H,31,34)/b29-17+. The Balaban J connectivity index is 1.80. The minimum atomic E-state index is -0.868. The maximum atomic E-state index is 13.0. The molecule has 0 bridgehead atoms. The van der Waals surface area contributed by atoms with Crippen molar-refractivity contribution < 1.29 is 33.5 Å². The summed E-state index contributed by atoms with van der Waals surface area (Å²) in [4.78, 5) is 47.9. The average Bonchev–Trinajstić information content (AvgIpc) is 2.95. The predicted molar refractivity (Wildman–Crippen MR) is 147 cm³/mol. The predicted octanol–water partition coefficient (Wildman–Crippen LogP) is 4.72. The molecule has 40 heavy (non-hydrogen) atoms. The smallest absolute Gasteiger partial charge is 0.343 e. The molecule has 2 amide bonds. The summed E-state index contributed by atoms with van der Waals surface area (Å²) in [5.74, 6) is -1.17. The Morgan fingerprint density at radius 3 is 2.25 bits per heavy atom. The van der Waals surface area contributed by atoms with Gasteiger partial charge in [0.1, 0.15) is 0 Å². The number of hydrogen-bond donors (Lipinski definition) is 2. The maximum absolute atomic E-state index is 13.0. The Morgan fingerprint density at radius 1 is 0.925 bits per heavy atom. The van der Waals surface area contributed by atoms with E-state index in [9.17, 15) is 24.5 Å². The summed E-state index contributed by atoms with van der Waals surface area (Å²) in [5.41, 5.74) is 2.82. The number of carbonyl (C=O) groups excluding carboxylic acids is 3. The van der Waals surface area contributed by atoms with Crippen LogP contribution in [0, 0.1) is 10.1 Å². The Bertz CT molecular complexity index is 1420. The Hall–Kier alpha value is -5.26. The normalized spacial score (nSPS) is 10.6. The molecule has 208 valence electrons. The van der Waals surface area contributed by atoms with E-state index < -0.39 is 22.5 Å². The Morgan fingerprint density at radius 2 is 1.60 bits per heavy atom. The summed E-state index contributed by atoms with van der Waals surface area (Å²) < 4.78 is 16.5. The summed E-state index contributed by atoms with van der Waals surface area (Å²) in [7, 11) is 0. The van der Waals surface area contributed by atoms with Crippen LogP contribution in [0.3, 0.4) is 0 Å². The van der Waals surface area contributed by atoms with E-state index in [4.69, 9.17) is 14.2 Å². The van der Waals surface area contributed by atoms with Crippen molar-refractivity contribution in [1.82, 2.24) is 5.43 Å². The third-order valence-electron chi connectivity index (χ3n) is 5.32. The molecular weight excluding hydrogens is 520 g/mol. The Kier molecular flexibility index (Phi) is 10.3. The van der Waals surface area contributed by atoms with E-state index in [0.717, 1.165) is 6.21 Å². The van der Waals surface area contributed by atoms with Gasteiger partial charge in [-0.05, 0) is 62.4 Å². The van der Waals surface area contributed by atoms with Gasteiger partial charge in [-0.15, -0.1) is 0 Å². The SMILES string of the molecule is CCOc1ccc(C(=O)Oc2c(/C=N/NC(=O)c3ccc(NC(=O)CC)cc3)cccc2[N+](=O)[O-])cc1OCC. The number of nitro groups is 1. The van der Waals surface area contributed by atoms with Crippen molar-refractivity contribution >= 4 is 35.4 Å². The highest BCUT2D eigenvalue weighted by atomic mass is 16.6. The van der Waals surface area contributed by atoms with Crippen molar-refractivity contribution in [3.8, 4) is 17.2 Å². The quantitative estimate of drug-likeness (QED) is 0.108. The second-order valence-corrected chi connectivity index (χ2v) is 8.05. The lowest BCUT2D eigenvalue weighted by Crippen LogP contribution is -2.18. The van der Waals surface area contributed by atoms with E-state index in [1.54, 1.807) is 32.0 Å². The third kappa shape index (κ3) is 7.63. The van der Waals surface area contributed by atoms with E-state index in [2.05, 4.69) is 15.8 Å².